The van der Waals surface area contributed by atoms with Gasteiger partial charge in [-0.1, -0.05) is 25.4 Å². The first-order valence-electron chi connectivity index (χ1n) is 6.49. The summed E-state index contributed by atoms with van der Waals surface area (Å²) in [7, 11) is 0. The van der Waals surface area contributed by atoms with Crippen molar-refractivity contribution in [3.8, 4) is 0 Å². The van der Waals surface area contributed by atoms with Crippen LogP contribution in [-0.2, 0) is 6.54 Å². The Labute approximate surface area is 126 Å². The molecule has 0 fully saturated rings. The van der Waals surface area contributed by atoms with E-state index in [0.29, 0.717) is 5.92 Å². The fourth-order valence-corrected chi connectivity index (χ4v) is 2.95. The second kappa shape index (κ2) is 5.46. The zero-order valence-electron chi connectivity index (χ0n) is 11.3. The van der Waals surface area contributed by atoms with Crippen molar-refractivity contribution >= 4 is 39.7 Å². The molecule has 0 aliphatic rings. The Balaban J connectivity index is 1.78. The number of thiophene rings is 1. The Morgan fingerprint density at radius 2 is 2.20 bits per heavy atom. The predicted molar refractivity (Wildman–Crippen MR) is 84.8 cm³/mol. The van der Waals surface area contributed by atoms with Gasteiger partial charge in [-0.25, -0.2) is 4.98 Å². The molecule has 0 amide bonds. The molecule has 5 heteroatoms. The summed E-state index contributed by atoms with van der Waals surface area (Å²) in [6.45, 7) is 4.91. The molecule has 0 spiro atoms. The van der Waals surface area contributed by atoms with E-state index in [9.17, 15) is 0 Å². The first kappa shape index (κ1) is 13.5. The minimum absolute atomic E-state index is 0.298. The Hall–Kier alpha value is -1.52. The second-order valence-corrected chi connectivity index (χ2v) is 6.41. The molecule has 3 nitrogen and oxygen atoms in total. The highest BCUT2D eigenvalue weighted by atomic mass is 35.5. The van der Waals surface area contributed by atoms with Crippen LogP contribution in [0.15, 0.2) is 34.1 Å². The van der Waals surface area contributed by atoms with Crippen LogP contribution in [0.2, 0.25) is 5.02 Å². The van der Waals surface area contributed by atoms with E-state index >= 15 is 0 Å². The maximum Gasteiger partial charge on any atom is 0.198 e. The number of nitrogens with zero attached hydrogens (tertiary/aromatic N) is 1. The van der Waals surface area contributed by atoms with Crippen molar-refractivity contribution in [3.05, 3.63) is 45.4 Å². The van der Waals surface area contributed by atoms with Crippen LogP contribution in [0.3, 0.4) is 0 Å². The molecule has 20 heavy (non-hydrogen) atoms. The highest BCUT2D eigenvalue weighted by Crippen LogP contribution is 2.25. The molecular formula is C15H15ClN2OS. The molecular weight excluding hydrogens is 292 g/mol. The SMILES string of the molecule is CC(C)c1nc2cc(NCc3cc(Cl)cs3)ccc2o1. The van der Waals surface area contributed by atoms with E-state index in [1.165, 1.54) is 4.88 Å². The number of oxazole rings is 1. The number of anilines is 1. The van der Waals surface area contributed by atoms with Crippen molar-refractivity contribution in [2.45, 2.75) is 26.3 Å². The summed E-state index contributed by atoms with van der Waals surface area (Å²) in [6.07, 6.45) is 0. The van der Waals surface area contributed by atoms with Crippen LogP contribution in [0.5, 0.6) is 0 Å². The van der Waals surface area contributed by atoms with Gasteiger partial charge in [0.25, 0.3) is 0 Å². The summed E-state index contributed by atoms with van der Waals surface area (Å²) in [5.41, 5.74) is 2.76. The molecule has 0 radical (unpaired) electrons. The summed E-state index contributed by atoms with van der Waals surface area (Å²) in [4.78, 5) is 5.71. The molecule has 0 aliphatic carbocycles. The Bertz CT molecular complexity index is 732. The van der Waals surface area contributed by atoms with Crippen LogP contribution in [0.4, 0.5) is 5.69 Å². The van der Waals surface area contributed by atoms with Gasteiger partial charge in [0.2, 0.25) is 0 Å². The maximum absolute atomic E-state index is 5.91. The fraction of sp³-hybridized carbons (Fsp3) is 0.267. The molecule has 0 bridgehead atoms. The van der Waals surface area contributed by atoms with E-state index in [1.54, 1.807) is 11.3 Å². The van der Waals surface area contributed by atoms with Crippen molar-refractivity contribution in [3.63, 3.8) is 0 Å². The van der Waals surface area contributed by atoms with Gasteiger partial charge < -0.3 is 9.73 Å². The summed E-state index contributed by atoms with van der Waals surface area (Å²) in [5, 5.41) is 6.11. The van der Waals surface area contributed by atoms with Crippen molar-refractivity contribution in [2.24, 2.45) is 0 Å². The van der Waals surface area contributed by atoms with Crippen molar-refractivity contribution < 1.29 is 4.42 Å². The standard InChI is InChI=1S/C15H15ClN2OS/c1-9(2)15-18-13-6-11(3-4-14(13)19-15)17-7-12-5-10(16)8-20-12/h3-6,8-9,17H,7H2,1-2H3. The molecule has 3 rings (SSSR count). The molecule has 0 atom stereocenters. The van der Waals surface area contributed by atoms with E-state index in [4.69, 9.17) is 16.0 Å². The van der Waals surface area contributed by atoms with Gasteiger partial charge in [0.05, 0.1) is 5.02 Å². The highest BCUT2D eigenvalue weighted by Gasteiger charge is 2.09. The number of hydrogen-bond acceptors (Lipinski definition) is 4. The Morgan fingerprint density at radius 3 is 2.90 bits per heavy atom. The molecule has 0 saturated carbocycles. The number of rotatable bonds is 4. The van der Waals surface area contributed by atoms with Crippen LogP contribution < -0.4 is 5.32 Å². The van der Waals surface area contributed by atoms with Gasteiger partial charge in [0, 0.05) is 28.4 Å². The molecule has 1 N–H and O–H groups in total. The Morgan fingerprint density at radius 1 is 1.35 bits per heavy atom. The summed E-state index contributed by atoms with van der Waals surface area (Å²) in [6, 6.07) is 7.95. The molecule has 1 aromatic carbocycles. The average molecular weight is 307 g/mol. The number of aromatic nitrogens is 1. The number of nitrogens with one attached hydrogen (secondary N) is 1. The topological polar surface area (TPSA) is 38.1 Å². The van der Waals surface area contributed by atoms with Crippen LogP contribution in [0, 0.1) is 0 Å². The van der Waals surface area contributed by atoms with E-state index < -0.39 is 0 Å². The predicted octanol–water partition coefficient (Wildman–Crippen LogP) is 5.28. The van der Waals surface area contributed by atoms with Crippen LogP contribution in [0.25, 0.3) is 11.1 Å². The molecule has 104 valence electrons. The minimum Gasteiger partial charge on any atom is -0.440 e. The normalized spacial score (nSPS) is 11.4. The van der Waals surface area contributed by atoms with Gasteiger partial charge in [0.1, 0.15) is 5.52 Å². The third-order valence-electron chi connectivity index (χ3n) is 2.99. The zero-order valence-corrected chi connectivity index (χ0v) is 12.9. The smallest absolute Gasteiger partial charge is 0.198 e. The maximum atomic E-state index is 5.91. The van der Waals surface area contributed by atoms with Gasteiger partial charge in [-0.15, -0.1) is 11.3 Å². The van der Waals surface area contributed by atoms with E-state index in [0.717, 1.165) is 34.2 Å². The fourth-order valence-electron chi connectivity index (χ4n) is 1.94. The summed E-state index contributed by atoms with van der Waals surface area (Å²) < 4.78 is 5.70. The molecule has 3 aromatic rings. The average Bonchev–Trinajstić information content (AvgIpc) is 3.01. The lowest BCUT2D eigenvalue weighted by atomic mass is 10.2. The van der Waals surface area contributed by atoms with Gasteiger partial charge in [0.15, 0.2) is 11.5 Å². The number of benzene rings is 1. The lowest BCUT2D eigenvalue weighted by molar-refractivity contribution is 0.501. The van der Waals surface area contributed by atoms with Crippen molar-refractivity contribution in [1.29, 1.82) is 0 Å². The first-order chi connectivity index (χ1) is 9.61. The quantitative estimate of drug-likeness (QED) is 0.712. The summed E-state index contributed by atoms with van der Waals surface area (Å²) >= 11 is 7.56. The number of halogens is 1. The minimum atomic E-state index is 0.298. The number of fused-ring (bicyclic) bond motifs is 1. The van der Waals surface area contributed by atoms with Gasteiger partial charge in [-0.05, 0) is 24.3 Å². The molecule has 2 aromatic heterocycles. The van der Waals surface area contributed by atoms with Gasteiger partial charge in [-0.3, -0.25) is 0 Å². The lowest BCUT2D eigenvalue weighted by Gasteiger charge is -2.03. The third-order valence-corrected chi connectivity index (χ3v) is 4.27. The molecule has 0 unspecified atom stereocenters. The van der Waals surface area contributed by atoms with Crippen LogP contribution >= 0.6 is 22.9 Å². The van der Waals surface area contributed by atoms with Crippen molar-refractivity contribution in [1.82, 2.24) is 4.98 Å². The van der Waals surface area contributed by atoms with E-state index in [1.807, 2.05) is 29.6 Å². The molecule has 0 saturated heterocycles. The monoisotopic (exact) mass is 306 g/mol. The van der Waals surface area contributed by atoms with E-state index in [-0.39, 0.29) is 0 Å². The number of hydrogen-bond donors (Lipinski definition) is 1. The van der Waals surface area contributed by atoms with Crippen LogP contribution in [-0.4, -0.2) is 4.98 Å². The highest BCUT2D eigenvalue weighted by molar-refractivity contribution is 7.10. The summed E-state index contributed by atoms with van der Waals surface area (Å²) in [5.74, 6) is 1.08. The van der Waals surface area contributed by atoms with Gasteiger partial charge >= 0.3 is 0 Å². The van der Waals surface area contributed by atoms with Gasteiger partial charge in [-0.2, -0.15) is 0 Å². The lowest BCUT2D eigenvalue weighted by Crippen LogP contribution is -1.96. The largest absolute Gasteiger partial charge is 0.440 e. The molecule has 2 heterocycles. The van der Waals surface area contributed by atoms with Crippen LogP contribution in [0.1, 0.15) is 30.5 Å². The third kappa shape index (κ3) is 2.81. The second-order valence-electron chi connectivity index (χ2n) is 4.97. The Kier molecular flexibility index (Phi) is 3.68. The zero-order chi connectivity index (χ0) is 14.1. The van der Waals surface area contributed by atoms with Crippen molar-refractivity contribution in [2.75, 3.05) is 5.32 Å². The molecule has 0 aliphatic heterocycles. The van der Waals surface area contributed by atoms with E-state index in [2.05, 4.69) is 24.1 Å². The first-order valence-corrected chi connectivity index (χ1v) is 7.75.